The number of amides is 1. The smallest absolute Gasteiger partial charge is 0.227 e. The van der Waals surface area contributed by atoms with E-state index < -0.39 is 0 Å². The summed E-state index contributed by atoms with van der Waals surface area (Å²) in [5, 5.41) is 3.56. The fraction of sp³-hybridized carbons (Fsp3) is 0.316. The summed E-state index contributed by atoms with van der Waals surface area (Å²) >= 11 is 6.14. The van der Waals surface area contributed by atoms with Crippen LogP contribution >= 0.6 is 11.6 Å². The van der Waals surface area contributed by atoms with Gasteiger partial charge in [-0.25, -0.2) is 0 Å². The van der Waals surface area contributed by atoms with Crippen molar-refractivity contribution in [1.82, 2.24) is 0 Å². The van der Waals surface area contributed by atoms with Gasteiger partial charge < -0.3 is 10.1 Å². The van der Waals surface area contributed by atoms with Crippen LogP contribution in [0.3, 0.4) is 0 Å². The molecular weight excluding hydrogens is 310 g/mol. The van der Waals surface area contributed by atoms with E-state index in [-0.39, 0.29) is 11.8 Å². The minimum atomic E-state index is 0.0832. The molecule has 2 aromatic rings. The molecule has 0 radical (unpaired) electrons. The number of carbonyl (C=O) groups excluding carboxylic acids is 1. The van der Waals surface area contributed by atoms with Crippen LogP contribution in [0.1, 0.15) is 32.1 Å². The molecule has 3 nitrogen and oxygen atoms in total. The molecule has 23 heavy (non-hydrogen) atoms. The molecule has 0 saturated heterocycles. The SMILES string of the molecule is O=C(Nc1ccccc1Oc1ccccc1Cl)C1CCCCC1. The van der Waals surface area contributed by atoms with Gasteiger partial charge in [-0.05, 0) is 37.1 Å². The van der Waals surface area contributed by atoms with Gasteiger partial charge in [-0.2, -0.15) is 0 Å². The first-order valence-corrected chi connectivity index (χ1v) is 8.44. The first-order chi connectivity index (χ1) is 11.2. The quantitative estimate of drug-likeness (QED) is 0.787. The highest BCUT2D eigenvalue weighted by Crippen LogP contribution is 2.34. The van der Waals surface area contributed by atoms with Crippen molar-refractivity contribution in [3.05, 3.63) is 53.6 Å². The number of nitrogens with one attached hydrogen (secondary N) is 1. The fourth-order valence-electron chi connectivity index (χ4n) is 2.90. The van der Waals surface area contributed by atoms with Crippen molar-refractivity contribution in [3.8, 4) is 11.5 Å². The van der Waals surface area contributed by atoms with Crippen molar-refractivity contribution in [2.24, 2.45) is 5.92 Å². The van der Waals surface area contributed by atoms with Gasteiger partial charge in [0.25, 0.3) is 0 Å². The fourth-order valence-corrected chi connectivity index (χ4v) is 3.08. The summed E-state index contributed by atoms with van der Waals surface area (Å²) in [7, 11) is 0. The van der Waals surface area contributed by atoms with Crippen molar-refractivity contribution >= 4 is 23.2 Å². The van der Waals surface area contributed by atoms with E-state index in [0.29, 0.717) is 22.2 Å². The number of benzene rings is 2. The van der Waals surface area contributed by atoms with Crippen LogP contribution < -0.4 is 10.1 Å². The Morgan fingerprint density at radius 2 is 1.61 bits per heavy atom. The second kappa shape index (κ2) is 7.51. The molecule has 1 fully saturated rings. The maximum absolute atomic E-state index is 12.4. The Kier molecular flexibility index (Phi) is 5.19. The Morgan fingerprint density at radius 3 is 2.35 bits per heavy atom. The molecule has 1 amide bonds. The molecule has 0 heterocycles. The van der Waals surface area contributed by atoms with Gasteiger partial charge >= 0.3 is 0 Å². The number of hydrogen-bond acceptors (Lipinski definition) is 2. The zero-order chi connectivity index (χ0) is 16.1. The van der Waals surface area contributed by atoms with Gasteiger partial charge in [0.2, 0.25) is 5.91 Å². The maximum Gasteiger partial charge on any atom is 0.227 e. The lowest BCUT2D eigenvalue weighted by Gasteiger charge is -2.21. The minimum Gasteiger partial charge on any atom is -0.454 e. The largest absolute Gasteiger partial charge is 0.454 e. The van der Waals surface area contributed by atoms with Crippen molar-refractivity contribution < 1.29 is 9.53 Å². The topological polar surface area (TPSA) is 38.3 Å². The highest BCUT2D eigenvalue weighted by Gasteiger charge is 2.22. The van der Waals surface area contributed by atoms with Crippen LogP contribution in [-0.4, -0.2) is 5.91 Å². The van der Waals surface area contributed by atoms with Gasteiger partial charge in [0.05, 0.1) is 10.7 Å². The third kappa shape index (κ3) is 4.05. The molecule has 0 aromatic heterocycles. The summed E-state index contributed by atoms with van der Waals surface area (Å²) in [5.41, 5.74) is 0.683. The molecule has 1 aliphatic rings. The van der Waals surface area contributed by atoms with Gasteiger partial charge in [-0.1, -0.05) is 55.1 Å². The van der Waals surface area contributed by atoms with Gasteiger partial charge in [0.15, 0.2) is 5.75 Å². The Labute approximate surface area is 141 Å². The van der Waals surface area contributed by atoms with Gasteiger partial charge in [-0.3, -0.25) is 4.79 Å². The average molecular weight is 330 g/mol. The van der Waals surface area contributed by atoms with E-state index in [1.165, 1.54) is 6.42 Å². The van der Waals surface area contributed by atoms with Gasteiger partial charge in [0.1, 0.15) is 5.75 Å². The highest BCUT2D eigenvalue weighted by molar-refractivity contribution is 6.32. The average Bonchev–Trinajstić information content (AvgIpc) is 2.59. The second-order valence-electron chi connectivity index (χ2n) is 5.85. The van der Waals surface area contributed by atoms with Crippen molar-refractivity contribution in [3.63, 3.8) is 0 Å². The van der Waals surface area contributed by atoms with Crippen LogP contribution in [0.15, 0.2) is 48.5 Å². The van der Waals surface area contributed by atoms with E-state index in [9.17, 15) is 4.79 Å². The normalized spacial score (nSPS) is 15.2. The Morgan fingerprint density at radius 1 is 0.957 bits per heavy atom. The molecule has 3 rings (SSSR count). The molecule has 2 aromatic carbocycles. The number of rotatable bonds is 4. The minimum absolute atomic E-state index is 0.0832. The van der Waals surface area contributed by atoms with Gasteiger partial charge in [0, 0.05) is 5.92 Å². The van der Waals surface area contributed by atoms with Crippen LogP contribution in [0.2, 0.25) is 5.02 Å². The van der Waals surface area contributed by atoms with Crippen LogP contribution in [0.4, 0.5) is 5.69 Å². The predicted octanol–water partition coefficient (Wildman–Crippen LogP) is 5.65. The van der Waals surface area contributed by atoms with Gasteiger partial charge in [-0.15, -0.1) is 0 Å². The van der Waals surface area contributed by atoms with Crippen molar-refractivity contribution in [2.75, 3.05) is 5.32 Å². The van der Waals surface area contributed by atoms with E-state index in [4.69, 9.17) is 16.3 Å². The second-order valence-corrected chi connectivity index (χ2v) is 6.26. The van der Waals surface area contributed by atoms with E-state index in [1.54, 1.807) is 6.07 Å². The molecule has 0 aliphatic heterocycles. The summed E-state index contributed by atoms with van der Waals surface area (Å²) in [4.78, 5) is 12.4. The summed E-state index contributed by atoms with van der Waals surface area (Å²) in [6.07, 6.45) is 5.44. The van der Waals surface area contributed by atoms with Crippen molar-refractivity contribution in [1.29, 1.82) is 0 Å². The lowest BCUT2D eigenvalue weighted by Crippen LogP contribution is -2.24. The van der Waals surface area contributed by atoms with Crippen LogP contribution in [-0.2, 0) is 4.79 Å². The molecule has 0 bridgehead atoms. The summed E-state index contributed by atoms with van der Waals surface area (Å²) in [6.45, 7) is 0. The highest BCUT2D eigenvalue weighted by atomic mass is 35.5. The lowest BCUT2D eigenvalue weighted by atomic mass is 9.88. The van der Waals surface area contributed by atoms with Crippen molar-refractivity contribution in [2.45, 2.75) is 32.1 Å². The predicted molar refractivity (Wildman–Crippen MR) is 93.2 cm³/mol. The monoisotopic (exact) mass is 329 g/mol. The number of halogens is 1. The number of anilines is 1. The van der Waals surface area contributed by atoms with E-state index in [1.807, 2.05) is 42.5 Å². The Balaban J connectivity index is 1.75. The zero-order valence-electron chi connectivity index (χ0n) is 12.9. The van der Waals surface area contributed by atoms with Crippen LogP contribution in [0, 0.1) is 5.92 Å². The molecule has 1 aliphatic carbocycles. The summed E-state index contributed by atoms with van der Waals surface area (Å²) in [5.74, 6) is 1.37. The third-order valence-corrected chi connectivity index (χ3v) is 4.49. The number of para-hydroxylation sites is 3. The molecule has 1 N–H and O–H groups in total. The molecule has 0 spiro atoms. The van der Waals surface area contributed by atoms with E-state index >= 15 is 0 Å². The first kappa shape index (κ1) is 15.9. The molecule has 120 valence electrons. The molecule has 0 atom stereocenters. The number of ether oxygens (including phenoxy) is 1. The first-order valence-electron chi connectivity index (χ1n) is 8.06. The van der Waals surface area contributed by atoms with E-state index in [0.717, 1.165) is 25.7 Å². The molecule has 0 unspecified atom stereocenters. The van der Waals surface area contributed by atoms with E-state index in [2.05, 4.69) is 5.32 Å². The summed E-state index contributed by atoms with van der Waals surface area (Å²) < 4.78 is 5.88. The Hall–Kier alpha value is -2.00. The zero-order valence-corrected chi connectivity index (χ0v) is 13.7. The number of carbonyl (C=O) groups is 1. The molecular formula is C19H20ClNO2. The standard InChI is InChI=1S/C19H20ClNO2/c20-15-10-4-6-12-17(15)23-18-13-7-5-11-16(18)21-19(22)14-8-2-1-3-9-14/h4-7,10-14H,1-3,8-9H2,(H,21,22). The summed E-state index contributed by atoms with van der Waals surface area (Å²) in [6, 6.07) is 14.8. The van der Waals surface area contributed by atoms with Crippen LogP contribution in [0.5, 0.6) is 11.5 Å². The maximum atomic E-state index is 12.4. The number of hydrogen-bond donors (Lipinski definition) is 1. The molecule has 1 saturated carbocycles. The Bertz CT molecular complexity index is 681. The lowest BCUT2D eigenvalue weighted by molar-refractivity contribution is -0.120. The van der Waals surface area contributed by atoms with Crippen LogP contribution in [0.25, 0.3) is 0 Å². The third-order valence-electron chi connectivity index (χ3n) is 4.18. The molecule has 4 heteroatoms.